The summed E-state index contributed by atoms with van der Waals surface area (Å²) in [6.45, 7) is 1.37. The van der Waals surface area contributed by atoms with Crippen molar-refractivity contribution in [3.05, 3.63) is 83.4 Å². The van der Waals surface area contributed by atoms with Crippen LogP contribution >= 0.6 is 23.4 Å². The highest BCUT2D eigenvalue weighted by molar-refractivity contribution is 7.99. The molecule has 29 heavy (non-hydrogen) atoms. The first-order valence-electron chi connectivity index (χ1n) is 9.41. The third-order valence-electron chi connectivity index (χ3n) is 4.55. The Labute approximate surface area is 179 Å². The molecule has 4 rings (SSSR count). The summed E-state index contributed by atoms with van der Waals surface area (Å²) < 4.78 is 0. The van der Waals surface area contributed by atoms with E-state index in [1.54, 1.807) is 23.9 Å². The molecule has 0 aromatic heterocycles. The van der Waals surface area contributed by atoms with Crippen molar-refractivity contribution in [2.45, 2.75) is 16.2 Å². The van der Waals surface area contributed by atoms with Gasteiger partial charge >= 0.3 is 6.03 Å². The van der Waals surface area contributed by atoms with Crippen molar-refractivity contribution in [3.63, 3.8) is 0 Å². The van der Waals surface area contributed by atoms with E-state index in [1.165, 1.54) is 27.4 Å². The fourth-order valence-corrected chi connectivity index (χ4v) is 4.51. The Hall–Kier alpha value is -2.76. The first-order chi connectivity index (χ1) is 14.2. The zero-order valence-electron chi connectivity index (χ0n) is 15.7. The van der Waals surface area contributed by atoms with Crippen LogP contribution in [0.2, 0.25) is 5.02 Å². The van der Waals surface area contributed by atoms with E-state index >= 15 is 0 Å². The molecule has 1 aliphatic heterocycles. The maximum Gasteiger partial charge on any atom is 0.340 e. The maximum atomic E-state index is 12.0. The van der Waals surface area contributed by atoms with Crippen molar-refractivity contribution in [3.8, 4) is 0 Å². The van der Waals surface area contributed by atoms with Crippen molar-refractivity contribution >= 4 is 47.0 Å². The third-order valence-corrected chi connectivity index (χ3v) is 5.91. The summed E-state index contributed by atoms with van der Waals surface area (Å²) >= 11 is 7.74. The lowest BCUT2D eigenvalue weighted by molar-refractivity contribution is 0.249. The molecular formula is C23H20ClN3OS. The van der Waals surface area contributed by atoms with Crippen LogP contribution < -0.4 is 10.2 Å². The van der Waals surface area contributed by atoms with Crippen LogP contribution in [0.5, 0.6) is 0 Å². The average Bonchev–Trinajstić information content (AvgIpc) is 2.74. The quantitative estimate of drug-likeness (QED) is 0.396. The highest BCUT2D eigenvalue weighted by Crippen LogP contribution is 2.47. The van der Waals surface area contributed by atoms with Gasteiger partial charge in [-0.15, -0.1) is 0 Å². The third kappa shape index (κ3) is 4.81. The van der Waals surface area contributed by atoms with Gasteiger partial charge in [-0.05, 0) is 48.4 Å². The van der Waals surface area contributed by atoms with Crippen molar-refractivity contribution < 1.29 is 4.79 Å². The fraction of sp³-hybridized carbons (Fsp3) is 0.130. The van der Waals surface area contributed by atoms with Crippen LogP contribution in [-0.2, 0) is 0 Å². The Kier molecular flexibility index (Phi) is 6.17. The number of para-hydroxylation sites is 2. The van der Waals surface area contributed by atoms with Gasteiger partial charge in [-0.25, -0.2) is 9.79 Å². The van der Waals surface area contributed by atoms with Gasteiger partial charge in [0.05, 0.1) is 11.4 Å². The number of rotatable bonds is 5. The molecule has 0 radical (unpaired) electrons. The van der Waals surface area contributed by atoms with Gasteiger partial charge in [-0.1, -0.05) is 59.8 Å². The number of hydrogen-bond acceptors (Lipinski definition) is 3. The smallest absolute Gasteiger partial charge is 0.340 e. The van der Waals surface area contributed by atoms with E-state index in [0.29, 0.717) is 11.6 Å². The Morgan fingerprint density at radius 2 is 1.69 bits per heavy atom. The summed E-state index contributed by atoms with van der Waals surface area (Å²) in [7, 11) is 0. The van der Waals surface area contributed by atoms with E-state index < -0.39 is 0 Å². The molecule has 146 valence electrons. The number of fused-ring (bicyclic) bond motifs is 2. The Bertz CT molecular complexity index is 1010. The van der Waals surface area contributed by atoms with Gasteiger partial charge in [-0.3, -0.25) is 0 Å². The van der Waals surface area contributed by atoms with Crippen molar-refractivity contribution in [2.75, 3.05) is 18.0 Å². The number of hydrogen-bond donors (Lipinski definition) is 1. The molecule has 6 heteroatoms. The van der Waals surface area contributed by atoms with Crippen LogP contribution in [0.15, 0.2) is 87.6 Å². The van der Waals surface area contributed by atoms with E-state index in [4.69, 9.17) is 11.6 Å². The largest absolute Gasteiger partial charge is 0.340 e. The highest BCUT2D eigenvalue weighted by Gasteiger charge is 2.22. The molecule has 0 bridgehead atoms. The van der Waals surface area contributed by atoms with Crippen molar-refractivity contribution in [1.82, 2.24) is 5.32 Å². The lowest BCUT2D eigenvalue weighted by atomic mass is 10.2. The molecule has 0 fully saturated rings. The number of carbonyl (C=O) groups is 1. The zero-order valence-corrected chi connectivity index (χ0v) is 17.3. The first kappa shape index (κ1) is 19.6. The van der Waals surface area contributed by atoms with Gasteiger partial charge in [0, 0.05) is 34.1 Å². The van der Waals surface area contributed by atoms with Crippen LogP contribution in [0, 0.1) is 0 Å². The summed E-state index contributed by atoms with van der Waals surface area (Å²) in [5.41, 5.74) is 3.22. The Balaban J connectivity index is 1.35. The van der Waals surface area contributed by atoms with E-state index in [1.807, 2.05) is 12.1 Å². The number of carbonyl (C=O) groups excluding carboxylic acids is 1. The van der Waals surface area contributed by atoms with Gasteiger partial charge in [-0.2, -0.15) is 0 Å². The zero-order chi connectivity index (χ0) is 20.1. The van der Waals surface area contributed by atoms with Crippen LogP contribution in [0.3, 0.4) is 0 Å². The van der Waals surface area contributed by atoms with Crippen LogP contribution in [0.1, 0.15) is 12.0 Å². The molecule has 1 aliphatic rings. The minimum absolute atomic E-state index is 0.347. The highest BCUT2D eigenvalue weighted by atomic mass is 35.5. The van der Waals surface area contributed by atoms with E-state index in [-0.39, 0.29) is 6.03 Å². The van der Waals surface area contributed by atoms with Gasteiger partial charge in [0.15, 0.2) is 0 Å². The summed E-state index contributed by atoms with van der Waals surface area (Å²) in [4.78, 5) is 20.8. The summed E-state index contributed by atoms with van der Waals surface area (Å²) in [6.07, 6.45) is 2.33. The monoisotopic (exact) mass is 421 g/mol. The number of halogens is 1. The summed E-state index contributed by atoms with van der Waals surface area (Å²) in [6, 6.07) is 23.7. The van der Waals surface area contributed by atoms with Crippen LogP contribution in [-0.4, -0.2) is 25.3 Å². The van der Waals surface area contributed by atoms with Gasteiger partial charge in [0.25, 0.3) is 0 Å². The van der Waals surface area contributed by atoms with Gasteiger partial charge in [0.2, 0.25) is 0 Å². The number of urea groups is 1. The summed E-state index contributed by atoms with van der Waals surface area (Å²) in [5, 5.41) is 3.47. The minimum Gasteiger partial charge on any atom is -0.340 e. The molecule has 3 aromatic rings. The molecule has 0 atom stereocenters. The minimum atomic E-state index is -0.347. The topological polar surface area (TPSA) is 44.7 Å². The molecule has 2 amide bonds. The second-order valence-electron chi connectivity index (χ2n) is 6.59. The number of anilines is 2. The Morgan fingerprint density at radius 1 is 1.00 bits per heavy atom. The van der Waals surface area contributed by atoms with E-state index in [2.05, 4.69) is 63.7 Å². The predicted octanol–water partition coefficient (Wildman–Crippen LogP) is 6.16. The number of nitrogens with one attached hydrogen (secondary N) is 1. The molecule has 4 nitrogen and oxygen atoms in total. The number of amides is 2. The van der Waals surface area contributed by atoms with E-state index in [0.717, 1.165) is 18.5 Å². The predicted molar refractivity (Wildman–Crippen MR) is 121 cm³/mol. The molecule has 0 saturated heterocycles. The van der Waals surface area contributed by atoms with Crippen molar-refractivity contribution in [1.29, 1.82) is 0 Å². The molecule has 0 spiro atoms. The lowest BCUT2D eigenvalue weighted by Crippen LogP contribution is -2.27. The SMILES string of the molecule is O=C(/N=C/c1cccc(Cl)c1)NCCCN1c2ccccc2Sc2ccccc21. The number of aliphatic imine (C=N–C) groups is 1. The normalized spacial score (nSPS) is 12.5. The van der Waals surface area contributed by atoms with Crippen LogP contribution in [0.4, 0.5) is 16.2 Å². The molecule has 3 aromatic carbocycles. The van der Waals surface area contributed by atoms with Gasteiger partial charge < -0.3 is 10.2 Å². The molecule has 1 heterocycles. The number of nitrogens with zero attached hydrogens (tertiary/aromatic N) is 2. The average molecular weight is 422 g/mol. The van der Waals surface area contributed by atoms with Gasteiger partial charge in [0.1, 0.15) is 0 Å². The van der Waals surface area contributed by atoms with Crippen molar-refractivity contribution in [2.24, 2.45) is 4.99 Å². The molecular weight excluding hydrogens is 402 g/mol. The standard InChI is InChI=1S/C23H20ClN3OS/c24-18-8-5-7-17(15-18)16-26-23(28)25-13-6-14-27-19-9-1-3-11-21(19)29-22-12-4-2-10-20(22)27/h1-5,7-12,15-16H,6,13-14H2,(H,25,28)/b26-16+. The number of benzene rings is 3. The molecule has 0 aliphatic carbocycles. The molecule has 0 unspecified atom stereocenters. The van der Waals surface area contributed by atoms with Crippen LogP contribution in [0.25, 0.3) is 0 Å². The fourth-order valence-electron chi connectivity index (χ4n) is 3.22. The maximum absolute atomic E-state index is 12.0. The summed E-state index contributed by atoms with van der Waals surface area (Å²) in [5.74, 6) is 0. The lowest BCUT2D eigenvalue weighted by Gasteiger charge is -2.32. The second kappa shape index (κ2) is 9.16. The molecule has 0 saturated carbocycles. The first-order valence-corrected chi connectivity index (χ1v) is 10.6. The van der Waals surface area contributed by atoms with E-state index in [9.17, 15) is 4.79 Å². The molecule has 1 N–H and O–H groups in total. The Morgan fingerprint density at radius 3 is 2.38 bits per heavy atom. The second-order valence-corrected chi connectivity index (χ2v) is 8.11.